The second kappa shape index (κ2) is 5.38. The molecule has 3 rings (SSSR count). The second-order valence-electron chi connectivity index (χ2n) is 8.65. The van der Waals surface area contributed by atoms with Crippen LogP contribution in [0.15, 0.2) is 12.2 Å². The van der Waals surface area contributed by atoms with Gasteiger partial charge in [-0.3, -0.25) is 0 Å². The fraction of sp³-hybridized carbons (Fsp3) is 0.895. The predicted octanol–water partition coefficient (Wildman–Crippen LogP) is 3.92. The van der Waals surface area contributed by atoms with E-state index < -0.39 is 5.60 Å². The van der Waals surface area contributed by atoms with Gasteiger partial charge in [0, 0.05) is 0 Å². The zero-order valence-corrected chi connectivity index (χ0v) is 13.9. The summed E-state index contributed by atoms with van der Waals surface area (Å²) < 4.78 is 0. The van der Waals surface area contributed by atoms with Crippen molar-refractivity contribution >= 4 is 0 Å². The summed E-state index contributed by atoms with van der Waals surface area (Å²) in [6.07, 6.45) is 12.2. The minimum absolute atomic E-state index is 0.0620. The Morgan fingerprint density at radius 1 is 1.24 bits per heavy atom. The van der Waals surface area contributed by atoms with Gasteiger partial charge in [-0.1, -0.05) is 32.4 Å². The molecular weight excluding hydrogens is 260 g/mol. The Morgan fingerprint density at radius 2 is 2.00 bits per heavy atom. The molecule has 2 fully saturated rings. The molecule has 0 amide bonds. The summed E-state index contributed by atoms with van der Waals surface area (Å²) in [6, 6.07) is 0. The molecule has 3 aliphatic rings. The van der Waals surface area contributed by atoms with Crippen molar-refractivity contribution in [3.8, 4) is 0 Å². The quantitative estimate of drug-likeness (QED) is 0.774. The van der Waals surface area contributed by atoms with Gasteiger partial charge in [0.25, 0.3) is 0 Å². The summed E-state index contributed by atoms with van der Waals surface area (Å²) in [5.74, 6) is 2.50. The van der Waals surface area contributed by atoms with E-state index in [1.807, 2.05) is 13.0 Å². The van der Waals surface area contributed by atoms with Gasteiger partial charge in [-0.2, -0.15) is 0 Å². The third-order valence-corrected chi connectivity index (χ3v) is 6.93. The lowest BCUT2D eigenvalue weighted by Crippen LogP contribution is -2.41. The van der Waals surface area contributed by atoms with Crippen molar-refractivity contribution in [3.63, 3.8) is 0 Å². The molecular formula is C19H32O2. The monoisotopic (exact) mass is 292 g/mol. The Labute approximate surface area is 129 Å². The molecule has 0 saturated heterocycles. The lowest BCUT2D eigenvalue weighted by molar-refractivity contribution is -0.0289. The van der Waals surface area contributed by atoms with Crippen LogP contribution < -0.4 is 0 Å². The van der Waals surface area contributed by atoms with Crippen LogP contribution in [0.25, 0.3) is 0 Å². The van der Waals surface area contributed by atoms with E-state index in [0.717, 1.165) is 18.8 Å². The van der Waals surface area contributed by atoms with Crippen LogP contribution in [0.1, 0.15) is 65.7 Å². The largest absolute Gasteiger partial charge is 0.393 e. The first-order chi connectivity index (χ1) is 9.82. The molecule has 120 valence electrons. The van der Waals surface area contributed by atoms with Crippen LogP contribution >= 0.6 is 0 Å². The van der Waals surface area contributed by atoms with E-state index in [9.17, 15) is 10.2 Å². The van der Waals surface area contributed by atoms with E-state index in [4.69, 9.17) is 0 Å². The maximum Gasteiger partial charge on any atom is 0.0805 e. The molecule has 2 heteroatoms. The number of aliphatic hydroxyl groups is 2. The summed E-state index contributed by atoms with van der Waals surface area (Å²) in [4.78, 5) is 0. The van der Waals surface area contributed by atoms with Crippen molar-refractivity contribution in [2.75, 3.05) is 0 Å². The molecule has 0 radical (unpaired) electrons. The van der Waals surface area contributed by atoms with Crippen molar-refractivity contribution in [2.45, 2.75) is 77.4 Å². The highest BCUT2D eigenvalue weighted by Gasteiger charge is 2.52. The SMILES string of the molecule is C[C@H](C[C@H]1C=C[C@@](C)(O)C1)[C@H]1CCC2C(O)CCC[C@@]21C. The lowest BCUT2D eigenvalue weighted by Gasteiger charge is -2.45. The number of rotatable bonds is 3. The van der Waals surface area contributed by atoms with E-state index in [0.29, 0.717) is 23.2 Å². The van der Waals surface area contributed by atoms with E-state index in [1.54, 1.807) is 0 Å². The lowest BCUT2D eigenvalue weighted by atomic mass is 9.61. The fourth-order valence-corrected chi connectivity index (χ4v) is 5.94. The molecule has 7 atom stereocenters. The average molecular weight is 292 g/mol. The molecule has 2 saturated carbocycles. The predicted molar refractivity (Wildman–Crippen MR) is 85.8 cm³/mol. The maximum atomic E-state index is 10.4. The maximum absolute atomic E-state index is 10.4. The number of allylic oxidation sites excluding steroid dienone is 1. The zero-order chi connectivity index (χ0) is 15.3. The molecule has 2 unspecified atom stereocenters. The molecule has 0 aromatic rings. The summed E-state index contributed by atoms with van der Waals surface area (Å²) in [5, 5.41) is 20.4. The highest BCUT2D eigenvalue weighted by Crippen LogP contribution is 2.58. The van der Waals surface area contributed by atoms with Crippen LogP contribution in [-0.4, -0.2) is 21.9 Å². The Balaban J connectivity index is 1.65. The molecule has 0 aromatic carbocycles. The topological polar surface area (TPSA) is 40.5 Å². The second-order valence-corrected chi connectivity index (χ2v) is 8.65. The zero-order valence-electron chi connectivity index (χ0n) is 13.9. The van der Waals surface area contributed by atoms with Gasteiger partial charge in [-0.05, 0) is 74.5 Å². The fourth-order valence-electron chi connectivity index (χ4n) is 5.94. The third kappa shape index (κ3) is 2.82. The highest BCUT2D eigenvalue weighted by molar-refractivity contribution is 5.11. The molecule has 0 aromatic heterocycles. The van der Waals surface area contributed by atoms with Gasteiger partial charge in [0.15, 0.2) is 0 Å². The molecule has 2 nitrogen and oxygen atoms in total. The van der Waals surface area contributed by atoms with Crippen molar-refractivity contribution in [2.24, 2.45) is 29.1 Å². The Kier molecular flexibility index (Phi) is 3.99. The summed E-state index contributed by atoms with van der Waals surface area (Å²) in [6.45, 7) is 6.76. The van der Waals surface area contributed by atoms with Gasteiger partial charge in [-0.15, -0.1) is 0 Å². The first-order valence-electron chi connectivity index (χ1n) is 8.92. The van der Waals surface area contributed by atoms with Crippen molar-refractivity contribution in [3.05, 3.63) is 12.2 Å². The third-order valence-electron chi connectivity index (χ3n) is 6.93. The van der Waals surface area contributed by atoms with Crippen LogP contribution in [-0.2, 0) is 0 Å². The number of aliphatic hydroxyl groups excluding tert-OH is 1. The molecule has 0 bridgehead atoms. The molecule has 2 N–H and O–H groups in total. The molecule has 0 spiro atoms. The normalized spacial score (nSPS) is 51.1. The number of hydrogen-bond acceptors (Lipinski definition) is 2. The Hall–Kier alpha value is -0.340. The van der Waals surface area contributed by atoms with Crippen LogP contribution in [0.3, 0.4) is 0 Å². The minimum Gasteiger partial charge on any atom is -0.393 e. The average Bonchev–Trinajstić information content (AvgIpc) is 2.90. The van der Waals surface area contributed by atoms with Gasteiger partial charge < -0.3 is 10.2 Å². The van der Waals surface area contributed by atoms with Crippen LogP contribution in [0.5, 0.6) is 0 Å². The molecule has 3 aliphatic carbocycles. The van der Waals surface area contributed by atoms with Crippen molar-refractivity contribution in [1.82, 2.24) is 0 Å². The van der Waals surface area contributed by atoms with E-state index >= 15 is 0 Å². The summed E-state index contributed by atoms with van der Waals surface area (Å²) >= 11 is 0. The number of fused-ring (bicyclic) bond motifs is 1. The highest BCUT2D eigenvalue weighted by atomic mass is 16.3. The Bertz CT molecular complexity index is 414. The first-order valence-corrected chi connectivity index (χ1v) is 8.92. The minimum atomic E-state index is -0.590. The van der Waals surface area contributed by atoms with Crippen LogP contribution in [0, 0.1) is 29.1 Å². The van der Waals surface area contributed by atoms with E-state index in [1.165, 1.54) is 32.1 Å². The van der Waals surface area contributed by atoms with E-state index in [-0.39, 0.29) is 6.10 Å². The summed E-state index contributed by atoms with van der Waals surface area (Å²) in [5.41, 5.74) is -0.241. The van der Waals surface area contributed by atoms with Gasteiger partial charge in [0.2, 0.25) is 0 Å². The van der Waals surface area contributed by atoms with Crippen LogP contribution in [0.2, 0.25) is 0 Å². The summed E-state index contributed by atoms with van der Waals surface area (Å²) in [7, 11) is 0. The molecule has 0 heterocycles. The van der Waals surface area contributed by atoms with Gasteiger partial charge >= 0.3 is 0 Å². The number of hydrogen-bond donors (Lipinski definition) is 2. The van der Waals surface area contributed by atoms with Crippen molar-refractivity contribution in [1.29, 1.82) is 0 Å². The van der Waals surface area contributed by atoms with Gasteiger partial charge in [-0.25, -0.2) is 0 Å². The van der Waals surface area contributed by atoms with Gasteiger partial charge in [0.05, 0.1) is 11.7 Å². The van der Waals surface area contributed by atoms with Gasteiger partial charge in [0.1, 0.15) is 0 Å². The van der Waals surface area contributed by atoms with Crippen molar-refractivity contribution < 1.29 is 10.2 Å². The van der Waals surface area contributed by atoms with E-state index in [2.05, 4.69) is 19.9 Å². The van der Waals surface area contributed by atoms with Crippen LogP contribution in [0.4, 0.5) is 0 Å². The first kappa shape index (κ1) is 15.6. The molecule has 0 aliphatic heterocycles. The smallest absolute Gasteiger partial charge is 0.0805 e. The Morgan fingerprint density at radius 3 is 2.67 bits per heavy atom. The standard InChI is InChI=1S/C19H32O2/c1-13(11-14-8-10-18(2,21)12-14)15-6-7-16-17(20)5-4-9-19(15,16)3/h8,10,13-17,20-21H,4-7,9,11-12H2,1-3H3/t13-,14-,15-,16?,17?,18-,19-/m1/s1. The molecule has 21 heavy (non-hydrogen) atoms.